The molecule has 2 heterocycles. The lowest BCUT2D eigenvalue weighted by Gasteiger charge is -2.20. The number of hydrogen-bond donors (Lipinski definition) is 0. The highest BCUT2D eigenvalue weighted by molar-refractivity contribution is 14.1. The van der Waals surface area contributed by atoms with Crippen molar-refractivity contribution < 1.29 is 4.42 Å². The summed E-state index contributed by atoms with van der Waals surface area (Å²) in [6.45, 7) is 0.748. The zero-order valence-electron chi connectivity index (χ0n) is 9.21. The second-order valence-electron chi connectivity index (χ2n) is 4.14. The van der Waals surface area contributed by atoms with Gasteiger partial charge < -0.3 is 9.32 Å². The lowest BCUT2D eigenvalue weighted by atomic mass is 10.4. The molecule has 0 spiro atoms. The molecule has 0 atom stereocenters. The van der Waals surface area contributed by atoms with E-state index >= 15 is 0 Å². The van der Waals surface area contributed by atoms with Crippen LogP contribution in [-0.2, 0) is 6.54 Å². The first-order valence-corrected chi connectivity index (χ1v) is 6.67. The fourth-order valence-corrected chi connectivity index (χ4v) is 2.05. The minimum absolute atomic E-state index is 0.570. The van der Waals surface area contributed by atoms with Gasteiger partial charge in [0.2, 0.25) is 5.95 Å². The predicted octanol–water partition coefficient (Wildman–Crippen LogP) is 2.84. The highest BCUT2D eigenvalue weighted by atomic mass is 127. The molecule has 0 N–H and O–H groups in total. The number of furan rings is 1. The SMILES string of the molecule is Ic1cnc(N(Cc2ccco2)C2CC2)nc1. The topological polar surface area (TPSA) is 42.2 Å². The van der Waals surface area contributed by atoms with E-state index in [4.69, 9.17) is 4.42 Å². The molecule has 88 valence electrons. The molecule has 0 bridgehead atoms. The molecule has 2 aromatic heterocycles. The van der Waals surface area contributed by atoms with Gasteiger partial charge in [-0.2, -0.15) is 0 Å². The molecule has 0 saturated heterocycles. The molecular formula is C12H12IN3O. The van der Waals surface area contributed by atoms with E-state index in [0.717, 1.165) is 21.8 Å². The van der Waals surface area contributed by atoms with Gasteiger partial charge in [0, 0.05) is 22.0 Å². The molecule has 4 nitrogen and oxygen atoms in total. The van der Waals surface area contributed by atoms with Crippen molar-refractivity contribution in [2.75, 3.05) is 4.90 Å². The van der Waals surface area contributed by atoms with Gasteiger partial charge >= 0.3 is 0 Å². The largest absolute Gasteiger partial charge is 0.467 e. The normalized spacial score (nSPS) is 14.9. The molecule has 0 amide bonds. The third-order valence-electron chi connectivity index (χ3n) is 2.76. The molecule has 0 unspecified atom stereocenters. The second kappa shape index (κ2) is 4.64. The van der Waals surface area contributed by atoms with Crippen LogP contribution in [-0.4, -0.2) is 16.0 Å². The number of rotatable bonds is 4. The van der Waals surface area contributed by atoms with Gasteiger partial charge in [-0.15, -0.1) is 0 Å². The molecule has 17 heavy (non-hydrogen) atoms. The summed E-state index contributed by atoms with van der Waals surface area (Å²) in [5.41, 5.74) is 0. The van der Waals surface area contributed by atoms with Crippen LogP contribution in [0.25, 0.3) is 0 Å². The Morgan fingerprint density at radius 1 is 1.35 bits per heavy atom. The third kappa shape index (κ3) is 2.59. The zero-order valence-corrected chi connectivity index (χ0v) is 11.4. The van der Waals surface area contributed by atoms with Crippen molar-refractivity contribution in [2.24, 2.45) is 0 Å². The van der Waals surface area contributed by atoms with Gasteiger partial charge in [0.25, 0.3) is 0 Å². The van der Waals surface area contributed by atoms with Gasteiger partial charge in [-0.1, -0.05) is 0 Å². The van der Waals surface area contributed by atoms with Gasteiger partial charge in [-0.3, -0.25) is 0 Å². The minimum atomic E-state index is 0.570. The molecule has 0 aliphatic heterocycles. The van der Waals surface area contributed by atoms with E-state index in [1.54, 1.807) is 6.26 Å². The molecule has 0 radical (unpaired) electrons. The van der Waals surface area contributed by atoms with Gasteiger partial charge in [0.15, 0.2) is 0 Å². The van der Waals surface area contributed by atoms with Gasteiger partial charge in [0.1, 0.15) is 5.76 Å². The molecule has 0 aromatic carbocycles. The first-order valence-electron chi connectivity index (χ1n) is 5.59. The molecule has 1 saturated carbocycles. The summed E-state index contributed by atoms with van der Waals surface area (Å²) < 4.78 is 6.44. The van der Waals surface area contributed by atoms with Crippen molar-refractivity contribution in [3.8, 4) is 0 Å². The van der Waals surface area contributed by atoms with Crippen LogP contribution in [0.3, 0.4) is 0 Å². The summed E-state index contributed by atoms with van der Waals surface area (Å²) in [7, 11) is 0. The summed E-state index contributed by atoms with van der Waals surface area (Å²) in [6, 6.07) is 4.47. The number of hydrogen-bond acceptors (Lipinski definition) is 4. The van der Waals surface area contributed by atoms with Crippen LogP contribution < -0.4 is 4.90 Å². The zero-order chi connectivity index (χ0) is 11.7. The Hall–Kier alpha value is -1.11. The lowest BCUT2D eigenvalue weighted by Crippen LogP contribution is -2.26. The van der Waals surface area contributed by atoms with Crippen LogP contribution in [0.1, 0.15) is 18.6 Å². The summed E-state index contributed by atoms with van der Waals surface area (Å²) in [6.07, 6.45) is 7.84. The van der Waals surface area contributed by atoms with Crippen molar-refractivity contribution in [1.82, 2.24) is 9.97 Å². The third-order valence-corrected chi connectivity index (χ3v) is 3.31. The maximum absolute atomic E-state index is 5.39. The van der Waals surface area contributed by atoms with Crippen LogP contribution in [0.4, 0.5) is 5.95 Å². The quantitative estimate of drug-likeness (QED) is 0.802. The van der Waals surface area contributed by atoms with E-state index in [0.29, 0.717) is 6.04 Å². The summed E-state index contributed by atoms with van der Waals surface area (Å²) in [5.74, 6) is 1.75. The monoisotopic (exact) mass is 341 g/mol. The number of aromatic nitrogens is 2. The van der Waals surface area contributed by atoms with Crippen LogP contribution in [0.2, 0.25) is 0 Å². The fraction of sp³-hybridized carbons (Fsp3) is 0.333. The molecule has 3 rings (SSSR count). The van der Waals surface area contributed by atoms with Gasteiger partial charge in [-0.05, 0) is 47.6 Å². The van der Waals surface area contributed by atoms with Crippen molar-refractivity contribution in [3.63, 3.8) is 0 Å². The van der Waals surface area contributed by atoms with Crippen molar-refractivity contribution in [2.45, 2.75) is 25.4 Å². The van der Waals surface area contributed by atoms with E-state index in [-0.39, 0.29) is 0 Å². The minimum Gasteiger partial charge on any atom is -0.467 e. The molecule has 1 aliphatic rings. The number of halogens is 1. The van der Waals surface area contributed by atoms with E-state index in [9.17, 15) is 0 Å². The first kappa shape index (κ1) is 11.0. The molecule has 1 aliphatic carbocycles. The van der Waals surface area contributed by atoms with Crippen molar-refractivity contribution >= 4 is 28.5 Å². The molecule has 2 aromatic rings. The van der Waals surface area contributed by atoms with Crippen molar-refractivity contribution in [1.29, 1.82) is 0 Å². The Morgan fingerprint density at radius 3 is 2.71 bits per heavy atom. The lowest BCUT2D eigenvalue weighted by molar-refractivity contribution is 0.499. The average Bonchev–Trinajstić information content (AvgIpc) is 3.05. The maximum atomic E-state index is 5.39. The molecule has 5 heteroatoms. The van der Waals surface area contributed by atoms with Crippen LogP contribution in [0.5, 0.6) is 0 Å². The standard InChI is InChI=1S/C12H12IN3O/c13-9-6-14-12(15-7-9)16(10-3-4-10)8-11-2-1-5-17-11/h1-2,5-7,10H,3-4,8H2. The van der Waals surface area contributed by atoms with Gasteiger partial charge in [0.05, 0.1) is 12.8 Å². The van der Waals surface area contributed by atoms with Crippen molar-refractivity contribution in [3.05, 3.63) is 40.1 Å². The van der Waals surface area contributed by atoms with Crippen LogP contribution in [0.15, 0.2) is 35.2 Å². The van der Waals surface area contributed by atoms with E-state index in [1.807, 2.05) is 24.5 Å². The number of anilines is 1. The van der Waals surface area contributed by atoms with E-state index < -0.39 is 0 Å². The van der Waals surface area contributed by atoms with Crippen LogP contribution in [0, 0.1) is 3.57 Å². The molecular weight excluding hydrogens is 329 g/mol. The maximum Gasteiger partial charge on any atom is 0.225 e. The van der Waals surface area contributed by atoms with E-state index in [1.165, 1.54) is 12.8 Å². The Bertz CT molecular complexity index is 479. The Kier molecular flexibility index (Phi) is 3.00. The number of nitrogens with zero attached hydrogens (tertiary/aromatic N) is 3. The second-order valence-corrected chi connectivity index (χ2v) is 5.39. The first-order chi connectivity index (χ1) is 8.33. The highest BCUT2D eigenvalue weighted by Crippen LogP contribution is 2.31. The molecule has 1 fully saturated rings. The Balaban J connectivity index is 1.82. The summed E-state index contributed by atoms with van der Waals surface area (Å²) >= 11 is 2.21. The average molecular weight is 341 g/mol. The Morgan fingerprint density at radius 2 is 2.12 bits per heavy atom. The van der Waals surface area contributed by atoms with E-state index in [2.05, 4.69) is 37.5 Å². The Labute approximate surface area is 113 Å². The fourth-order valence-electron chi connectivity index (χ4n) is 1.77. The smallest absolute Gasteiger partial charge is 0.225 e. The summed E-state index contributed by atoms with van der Waals surface area (Å²) in [5, 5.41) is 0. The van der Waals surface area contributed by atoms with Gasteiger partial charge in [-0.25, -0.2) is 9.97 Å². The highest BCUT2D eigenvalue weighted by Gasteiger charge is 2.31. The summed E-state index contributed by atoms with van der Waals surface area (Å²) in [4.78, 5) is 11.0. The van der Waals surface area contributed by atoms with Crippen LogP contribution >= 0.6 is 22.6 Å². The predicted molar refractivity (Wildman–Crippen MR) is 72.7 cm³/mol.